The third-order valence-corrected chi connectivity index (χ3v) is 1.89. The molecule has 0 heterocycles. The Morgan fingerprint density at radius 2 is 2.19 bits per heavy atom. The number of nitrogens with two attached hydrogens (primary N) is 1. The Balaban J connectivity index is 2.21. The van der Waals surface area contributed by atoms with Crippen LogP contribution >= 0.6 is 0 Å². The van der Waals surface area contributed by atoms with Gasteiger partial charge >= 0.3 is 0 Å². The maximum atomic E-state index is 13.1. The van der Waals surface area contributed by atoms with Gasteiger partial charge in [-0.25, -0.2) is 4.39 Å². The first-order valence-electron chi connectivity index (χ1n) is 5.08. The second kappa shape index (κ2) is 6.79. The van der Waals surface area contributed by atoms with Crippen molar-refractivity contribution in [3.05, 3.63) is 30.1 Å². The van der Waals surface area contributed by atoms with Crippen LogP contribution in [0.5, 0.6) is 5.75 Å². The first-order chi connectivity index (χ1) is 7.74. The lowest BCUT2D eigenvalue weighted by Crippen LogP contribution is -2.29. The lowest BCUT2D eigenvalue weighted by atomic mass is 10.3. The summed E-state index contributed by atoms with van der Waals surface area (Å²) in [5, 5.41) is 2.61. The van der Waals surface area contributed by atoms with Gasteiger partial charge in [-0.3, -0.25) is 4.79 Å². The average Bonchev–Trinajstić information content (AvgIpc) is 2.27. The van der Waals surface area contributed by atoms with Crippen LogP contribution in [0.3, 0.4) is 0 Å². The van der Waals surface area contributed by atoms with E-state index in [1.165, 1.54) is 12.1 Å². The Kier molecular flexibility index (Phi) is 5.28. The molecule has 0 fully saturated rings. The monoisotopic (exact) mass is 226 g/mol. The molecule has 5 heteroatoms. The lowest BCUT2D eigenvalue weighted by molar-refractivity contribution is -0.120. The smallest absolute Gasteiger partial charge is 0.221 e. The largest absolute Gasteiger partial charge is 0.489 e. The van der Waals surface area contributed by atoms with Gasteiger partial charge in [-0.2, -0.15) is 0 Å². The predicted octanol–water partition coefficient (Wildman–Crippen LogP) is 0.670. The molecule has 0 spiro atoms. The first-order valence-corrected chi connectivity index (χ1v) is 5.08. The third-order valence-electron chi connectivity index (χ3n) is 1.89. The Morgan fingerprint density at radius 1 is 1.44 bits per heavy atom. The fourth-order valence-corrected chi connectivity index (χ4v) is 1.13. The van der Waals surface area contributed by atoms with Crippen molar-refractivity contribution in [1.82, 2.24) is 5.32 Å². The molecule has 88 valence electrons. The summed E-state index contributed by atoms with van der Waals surface area (Å²) >= 11 is 0. The Morgan fingerprint density at radius 3 is 2.88 bits per heavy atom. The van der Waals surface area contributed by atoms with Crippen molar-refractivity contribution < 1.29 is 13.9 Å². The highest BCUT2D eigenvalue weighted by Gasteiger charge is 2.01. The van der Waals surface area contributed by atoms with Gasteiger partial charge in [-0.15, -0.1) is 0 Å². The third kappa shape index (κ3) is 4.27. The van der Waals surface area contributed by atoms with E-state index in [0.717, 1.165) is 0 Å². The maximum Gasteiger partial charge on any atom is 0.221 e. The fraction of sp³-hybridized carbons (Fsp3) is 0.364. The van der Waals surface area contributed by atoms with Crippen molar-refractivity contribution in [2.75, 3.05) is 19.7 Å². The molecule has 0 saturated carbocycles. The molecule has 4 nitrogen and oxygen atoms in total. The van der Waals surface area contributed by atoms with E-state index in [1.54, 1.807) is 12.1 Å². The minimum Gasteiger partial charge on any atom is -0.489 e. The molecule has 0 aliphatic rings. The highest BCUT2D eigenvalue weighted by Crippen LogP contribution is 2.14. The molecule has 1 aromatic carbocycles. The number of hydrogen-bond acceptors (Lipinski definition) is 3. The summed E-state index contributed by atoms with van der Waals surface area (Å²) in [7, 11) is 0. The highest BCUT2D eigenvalue weighted by molar-refractivity contribution is 5.75. The Labute approximate surface area is 93.6 Å². The van der Waals surface area contributed by atoms with Gasteiger partial charge in [0.25, 0.3) is 0 Å². The first kappa shape index (κ1) is 12.4. The van der Waals surface area contributed by atoms with Crippen LogP contribution in [0.25, 0.3) is 0 Å². The van der Waals surface area contributed by atoms with Crippen LogP contribution in [0.15, 0.2) is 24.3 Å². The van der Waals surface area contributed by atoms with E-state index >= 15 is 0 Å². The van der Waals surface area contributed by atoms with Gasteiger partial charge in [0.05, 0.1) is 6.54 Å². The van der Waals surface area contributed by atoms with Gasteiger partial charge < -0.3 is 15.8 Å². The van der Waals surface area contributed by atoms with Crippen molar-refractivity contribution in [2.45, 2.75) is 6.42 Å². The van der Waals surface area contributed by atoms with Crippen LogP contribution in [0, 0.1) is 5.82 Å². The number of nitrogens with one attached hydrogen (secondary N) is 1. The van der Waals surface area contributed by atoms with Gasteiger partial charge in [-0.1, -0.05) is 12.1 Å². The average molecular weight is 226 g/mol. The van der Waals surface area contributed by atoms with Crippen LogP contribution in [0.4, 0.5) is 4.39 Å². The van der Waals surface area contributed by atoms with Gasteiger partial charge in [0, 0.05) is 13.0 Å². The van der Waals surface area contributed by atoms with Crippen LogP contribution in [-0.4, -0.2) is 25.6 Å². The van der Waals surface area contributed by atoms with E-state index in [0.29, 0.717) is 19.5 Å². The highest BCUT2D eigenvalue weighted by atomic mass is 19.1. The molecular weight excluding hydrogens is 211 g/mol. The molecule has 0 unspecified atom stereocenters. The van der Waals surface area contributed by atoms with Crippen LogP contribution in [0.2, 0.25) is 0 Å². The molecule has 0 radical (unpaired) electrons. The zero-order chi connectivity index (χ0) is 11.8. The molecule has 0 atom stereocenters. The lowest BCUT2D eigenvalue weighted by Gasteiger charge is -2.07. The normalized spacial score (nSPS) is 9.88. The number of rotatable bonds is 6. The van der Waals surface area contributed by atoms with Crippen molar-refractivity contribution >= 4 is 5.91 Å². The molecule has 1 rings (SSSR count). The van der Waals surface area contributed by atoms with E-state index in [4.69, 9.17) is 10.5 Å². The van der Waals surface area contributed by atoms with E-state index in [2.05, 4.69) is 5.32 Å². The van der Waals surface area contributed by atoms with Crippen molar-refractivity contribution in [3.63, 3.8) is 0 Å². The summed E-state index contributed by atoms with van der Waals surface area (Å²) in [6, 6.07) is 6.13. The maximum absolute atomic E-state index is 13.1. The molecule has 1 aromatic rings. The van der Waals surface area contributed by atoms with Gasteiger partial charge in [0.2, 0.25) is 5.91 Å². The number of benzene rings is 1. The molecule has 1 amide bonds. The topological polar surface area (TPSA) is 64.4 Å². The van der Waals surface area contributed by atoms with E-state index in [-0.39, 0.29) is 18.3 Å². The summed E-state index contributed by atoms with van der Waals surface area (Å²) in [5.41, 5.74) is 5.20. The van der Waals surface area contributed by atoms with Crippen molar-refractivity contribution in [3.8, 4) is 5.75 Å². The molecule has 16 heavy (non-hydrogen) atoms. The minimum absolute atomic E-state index is 0.125. The standard InChI is InChI=1S/C11H15FN2O2/c12-9-3-1-2-4-10(9)16-8-7-14-11(15)5-6-13/h1-4H,5-8,13H2,(H,14,15). The van der Waals surface area contributed by atoms with E-state index in [1.807, 2.05) is 0 Å². The number of amides is 1. The number of carbonyl (C=O) groups excluding carboxylic acids is 1. The molecular formula is C11H15FN2O2. The molecule has 0 saturated heterocycles. The number of hydrogen-bond donors (Lipinski definition) is 2. The minimum atomic E-state index is -0.407. The molecule has 3 N–H and O–H groups in total. The second-order valence-electron chi connectivity index (χ2n) is 3.17. The predicted molar refractivity (Wildman–Crippen MR) is 58.6 cm³/mol. The summed E-state index contributed by atoms with van der Waals surface area (Å²) in [6.07, 6.45) is 0.291. The molecule has 0 aromatic heterocycles. The second-order valence-corrected chi connectivity index (χ2v) is 3.17. The van der Waals surface area contributed by atoms with Gasteiger partial charge in [0.15, 0.2) is 11.6 Å². The summed E-state index contributed by atoms with van der Waals surface area (Å²) in [6.45, 7) is 0.893. The summed E-state index contributed by atoms with van der Waals surface area (Å²) in [4.78, 5) is 11.0. The molecule has 0 aliphatic carbocycles. The number of carbonyl (C=O) groups is 1. The van der Waals surface area contributed by atoms with Gasteiger partial charge in [-0.05, 0) is 12.1 Å². The van der Waals surface area contributed by atoms with Gasteiger partial charge in [0.1, 0.15) is 6.61 Å². The number of para-hydroxylation sites is 1. The summed E-state index contributed by atoms with van der Waals surface area (Å²) in [5.74, 6) is -0.342. The van der Waals surface area contributed by atoms with E-state index in [9.17, 15) is 9.18 Å². The Hall–Kier alpha value is -1.62. The number of ether oxygens (including phenoxy) is 1. The quantitative estimate of drug-likeness (QED) is 0.701. The van der Waals surface area contributed by atoms with Crippen LogP contribution in [0.1, 0.15) is 6.42 Å². The zero-order valence-electron chi connectivity index (χ0n) is 8.91. The van der Waals surface area contributed by atoms with Crippen molar-refractivity contribution in [1.29, 1.82) is 0 Å². The fourth-order valence-electron chi connectivity index (χ4n) is 1.13. The summed E-state index contributed by atoms with van der Waals surface area (Å²) < 4.78 is 18.2. The Bertz CT molecular complexity index is 345. The molecule has 0 bridgehead atoms. The van der Waals surface area contributed by atoms with Crippen LogP contribution < -0.4 is 15.8 Å². The number of halogens is 1. The van der Waals surface area contributed by atoms with E-state index < -0.39 is 5.82 Å². The zero-order valence-corrected chi connectivity index (χ0v) is 8.91. The SMILES string of the molecule is NCCC(=O)NCCOc1ccccc1F. The van der Waals surface area contributed by atoms with Crippen molar-refractivity contribution in [2.24, 2.45) is 5.73 Å². The molecule has 0 aliphatic heterocycles. The van der Waals surface area contributed by atoms with Crippen LogP contribution in [-0.2, 0) is 4.79 Å².